The SMILES string of the molecule is Cc1ncsc1-c1ccc([C@H](C)NC(=O)[C@@H]2C[C@@H](O)CN2C(=O)[C@@H](c2cc([C@H]3CC[C@H](c4cnc(N5CCC(c6c[nH]c7nnc(-c8ccccc8O)cc67)CC5)nc4)CC3)no2)C(C)C)cc1. The number of β-amino-alcohol motifs (C(OH)–C–C–N with tert-alkyl or cyclic N) is 1. The number of aromatic nitrogens is 7. The van der Waals surface area contributed by atoms with Crippen LogP contribution in [0.3, 0.4) is 0 Å². The molecule has 0 radical (unpaired) electrons. The minimum Gasteiger partial charge on any atom is -0.507 e. The Balaban J connectivity index is 0.726. The summed E-state index contributed by atoms with van der Waals surface area (Å²) in [5, 5.41) is 38.6. The number of fused-ring (bicyclic) bond motifs is 1. The van der Waals surface area contributed by atoms with Gasteiger partial charge in [0.15, 0.2) is 5.65 Å². The van der Waals surface area contributed by atoms with Crippen LogP contribution in [0.5, 0.6) is 5.75 Å². The number of hydrogen-bond acceptors (Lipinski definition) is 13. The zero-order valence-corrected chi connectivity index (χ0v) is 39.7. The number of hydrogen-bond donors (Lipinski definition) is 4. The van der Waals surface area contributed by atoms with Crippen LogP contribution in [0, 0.1) is 12.8 Å². The van der Waals surface area contributed by atoms with Gasteiger partial charge < -0.3 is 34.8 Å². The van der Waals surface area contributed by atoms with E-state index < -0.39 is 18.1 Å². The number of anilines is 1. The molecular formula is C52H58N10O5S. The molecule has 68 heavy (non-hydrogen) atoms. The molecule has 7 heterocycles. The second-order valence-electron chi connectivity index (χ2n) is 19.3. The highest BCUT2D eigenvalue weighted by molar-refractivity contribution is 7.13. The molecule has 1 saturated carbocycles. The fourth-order valence-corrected chi connectivity index (χ4v) is 11.5. The summed E-state index contributed by atoms with van der Waals surface area (Å²) in [4.78, 5) is 50.5. The number of amides is 2. The van der Waals surface area contributed by atoms with Gasteiger partial charge in [-0.2, -0.15) is 0 Å². The van der Waals surface area contributed by atoms with Gasteiger partial charge in [-0.3, -0.25) is 9.59 Å². The van der Waals surface area contributed by atoms with Crippen molar-refractivity contribution in [3.8, 4) is 27.4 Å². The van der Waals surface area contributed by atoms with Crippen LogP contribution in [0.1, 0.15) is 129 Å². The highest BCUT2D eigenvalue weighted by Crippen LogP contribution is 2.42. The van der Waals surface area contributed by atoms with Crippen molar-refractivity contribution in [3.63, 3.8) is 0 Å². The van der Waals surface area contributed by atoms with Crippen LogP contribution >= 0.6 is 11.3 Å². The van der Waals surface area contributed by atoms with E-state index in [1.165, 1.54) is 10.5 Å². The van der Waals surface area contributed by atoms with Crippen molar-refractivity contribution in [1.82, 2.24) is 45.5 Å². The van der Waals surface area contributed by atoms with Gasteiger partial charge in [-0.1, -0.05) is 55.4 Å². The highest BCUT2D eigenvalue weighted by atomic mass is 32.1. The fraction of sp³-hybridized carbons (Fsp3) is 0.423. The molecule has 352 valence electrons. The number of nitrogens with zero attached hydrogens (tertiary/aromatic N) is 8. The molecule has 15 nitrogen and oxygen atoms in total. The second-order valence-corrected chi connectivity index (χ2v) is 20.1. The predicted octanol–water partition coefficient (Wildman–Crippen LogP) is 8.94. The maximum Gasteiger partial charge on any atom is 0.243 e. The van der Waals surface area contributed by atoms with Crippen molar-refractivity contribution in [1.29, 1.82) is 0 Å². The lowest BCUT2D eigenvalue weighted by Crippen LogP contribution is -2.48. The van der Waals surface area contributed by atoms with Gasteiger partial charge >= 0.3 is 0 Å². The minimum absolute atomic E-state index is 0.0815. The summed E-state index contributed by atoms with van der Waals surface area (Å²) >= 11 is 1.60. The minimum atomic E-state index is -0.805. The normalized spacial score (nSPS) is 21.1. The zero-order chi connectivity index (χ0) is 47.1. The van der Waals surface area contributed by atoms with Crippen molar-refractivity contribution in [2.24, 2.45) is 5.92 Å². The van der Waals surface area contributed by atoms with Crippen LogP contribution in [0.2, 0.25) is 0 Å². The number of para-hydroxylation sites is 1. The Labute approximate surface area is 399 Å². The van der Waals surface area contributed by atoms with Crippen molar-refractivity contribution >= 4 is 40.1 Å². The van der Waals surface area contributed by atoms with E-state index in [0.717, 1.165) is 102 Å². The van der Waals surface area contributed by atoms with E-state index in [9.17, 15) is 19.8 Å². The Morgan fingerprint density at radius 1 is 0.897 bits per heavy atom. The monoisotopic (exact) mass is 934 g/mol. The molecule has 3 aliphatic rings. The van der Waals surface area contributed by atoms with Crippen molar-refractivity contribution < 1.29 is 24.3 Å². The van der Waals surface area contributed by atoms with E-state index in [2.05, 4.69) is 35.5 Å². The molecule has 1 aliphatic carbocycles. The zero-order valence-electron chi connectivity index (χ0n) is 38.9. The number of benzene rings is 2. The number of nitrogens with one attached hydrogen (secondary N) is 2. The Bertz CT molecular complexity index is 2880. The topological polar surface area (TPSA) is 199 Å². The van der Waals surface area contributed by atoms with Crippen LogP contribution < -0.4 is 10.2 Å². The Kier molecular flexibility index (Phi) is 12.8. The molecular weight excluding hydrogens is 877 g/mol. The van der Waals surface area contributed by atoms with Gasteiger partial charge in [0.2, 0.25) is 17.8 Å². The number of aliphatic hydroxyl groups is 1. The molecule has 4 atom stereocenters. The largest absolute Gasteiger partial charge is 0.507 e. The van der Waals surface area contributed by atoms with Gasteiger partial charge in [0, 0.05) is 67.6 Å². The van der Waals surface area contributed by atoms with E-state index >= 15 is 0 Å². The predicted molar refractivity (Wildman–Crippen MR) is 260 cm³/mol. The molecule has 16 heteroatoms. The summed E-state index contributed by atoms with van der Waals surface area (Å²) in [7, 11) is 0. The lowest BCUT2D eigenvalue weighted by molar-refractivity contribution is -0.141. The average molecular weight is 935 g/mol. The van der Waals surface area contributed by atoms with Gasteiger partial charge in [-0.05, 0) is 111 Å². The van der Waals surface area contributed by atoms with Gasteiger partial charge in [-0.15, -0.1) is 21.5 Å². The first-order valence-corrected chi connectivity index (χ1v) is 24.8. The first kappa shape index (κ1) is 45.3. The summed E-state index contributed by atoms with van der Waals surface area (Å²) in [6, 6.07) is 18.2. The smallest absolute Gasteiger partial charge is 0.243 e. The van der Waals surface area contributed by atoms with Gasteiger partial charge in [0.1, 0.15) is 23.5 Å². The third-order valence-electron chi connectivity index (χ3n) is 14.6. The second kappa shape index (κ2) is 19.2. The molecule has 3 fully saturated rings. The number of aryl methyl sites for hydroxylation is 1. The Morgan fingerprint density at radius 3 is 2.34 bits per heavy atom. The number of aromatic amines is 1. The number of likely N-dealkylation sites (tertiary alicyclic amines) is 1. The Morgan fingerprint density at radius 2 is 1.63 bits per heavy atom. The van der Waals surface area contributed by atoms with E-state index in [-0.39, 0.29) is 48.4 Å². The molecule has 2 amide bonds. The first-order chi connectivity index (χ1) is 33.0. The summed E-state index contributed by atoms with van der Waals surface area (Å²) in [5.41, 5.74) is 10.1. The van der Waals surface area contributed by atoms with Crippen molar-refractivity contribution in [2.75, 3.05) is 24.5 Å². The molecule has 0 bridgehead atoms. The quantitative estimate of drug-likeness (QED) is 0.0909. The number of thiazole rings is 1. The molecule has 2 aliphatic heterocycles. The number of carbonyl (C=O) groups excluding carboxylic acids is 2. The highest BCUT2D eigenvalue weighted by Gasteiger charge is 2.44. The van der Waals surface area contributed by atoms with Crippen LogP contribution in [0.4, 0.5) is 5.95 Å². The molecule has 10 rings (SSSR count). The molecule has 0 spiro atoms. The number of H-pyrrole nitrogens is 1. The summed E-state index contributed by atoms with van der Waals surface area (Å²) in [6.07, 6.45) is 11.1. The number of rotatable bonds is 12. The summed E-state index contributed by atoms with van der Waals surface area (Å²) < 4.78 is 5.96. The van der Waals surface area contributed by atoms with Gasteiger partial charge in [0.05, 0.1) is 39.6 Å². The van der Waals surface area contributed by atoms with Gasteiger partial charge in [-0.25, -0.2) is 15.0 Å². The maximum atomic E-state index is 14.4. The number of phenols is 1. The molecule has 2 saturated heterocycles. The first-order valence-electron chi connectivity index (χ1n) is 23.9. The third kappa shape index (κ3) is 9.10. The lowest BCUT2D eigenvalue weighted by Gasteiger charge is -2.32. The van der Waals surface area contributed by atoms with Crippen LogP contribution in [0.25, 0.3) is 32.7 Å². The van der Waals surface area contributed by atoms with Crippen molar-refractivity contribution in [3.05, 3.63) is 119 Å². The standard InChI is InChI=1S/C52H58N10O5S/c1-29(2)47(51(66)62-27-38(63)21-44(62)50(65)57-30(3)32-9-15-36(16-10-32)48-31(4)56-28-68-48)46-23-42(60-67-46)35-13-11-33(12-14-35)37-24-54-52(55-25-37)61-19-17-34(18-20-61)41-26-53-49-40(41)22-43(58-59-49)39-7-5-6-8-45(39)64/h5-10,15-16,22-26,28-30,33-35,38,44,47,63-64H,11-14,17-21,27H2,1-4H3,(H,53,59)(H,57,65)/t30-,33-,35-,38+,44-,47+/m0/s1. The number of aromatic hydroxyl groups is 1. The van der Waals surface area contributed by atoms with Crippen molar-refractivity contribution in [2.45, 2.75) is 114 Å². The Hall–Kier alpha value is -6.52. The average Bonchev–Trinajstić information content (AvgIpc) is 4.19. The summed E-state index contributed by atoms with van der Waals surface area (Å²) in [6.45, 7) is 9.64. The van der Waals surface area contributed by atoms with Gasteiger partial charge in [0.25, 0.3) is 0 Å². The number of carbonyl (C=O) groups is 2. The summed E-state index contributed by atoms with van der Waals surface area (Å²) in [5.74, 6) is 1.02. The van der Waals surface area contributed by atoms with E-state index in [1.807, 2.05) is 100 Å². The molecule has 4 N–H and O–H groups in total. The number of aliphatic hydroxyl groups excluding tert-OH is 1. The number of phenolic OH excluding ortho intramolecular Hbond substituents is 1. The molecule has 0 unspecified atom stereocenters. The molecule has 2 aromatic carbocycles. The van der Waals surface area contributed by atoms with E-state index in [1.54, 1.807) is 23.5 Å². The molecule has 5 aromatic heterocycles. The lowest BCUT2D eigenvalue weighted by atomic mass is 9.78. The number of piperidine rings is 1. The molecule has 7 aromatic rings. The fourth-order valence-electron chi connectivity index (χ4n) is 10.7. The maximum absolute atomic E-state index is 14.4. The van der Waals surface area contributed by atoms with E-state index in [0.29, 0.717) is 28.9 Å². The third-order valence-corrected chi connectivity index (χ3v) is 15.5. The van der Waals surface area contributed by atoms with Crippen LogP contribution in [-0.2, 0) is 9.59 Å². The van der Waals surface area contributed by atoms with Crippen LogP contribution in [0.15, 0.2) is 89.3 Å². The van der Waals surface area contributed by atoms with Crippen LogP contribution in [-0.4, -0.2) is 94.0 Å². The van der Waals surface area contributed by atoms with E-state index in [4.69, 9.17) is 14.5 Å².